The van der Waals surface area contributed by atoms with Crippen LogP contribution in [0.1, 0.15) is 31.9 Å². The van der Waals surface area contributed by atoms with Crippen molar-refractivity contribution in [3.63, 3.8) is 0 Å². The van der Waals surface area contributed by atoms with E-state index in [2.05, 4.69) is 0 Å². The van der Waals surface area contributed by atoms with E-state index in [1.807, 2.05) is 6.07 Å². The summed E-state index contributed by atoms with van der Waals surface area (Å²) in [5, 5.41) is 9.32. The van der Waals surface area contributed by atoms with Crippen LogP contribution in [0.3, 0.4) is 0 Å². The molecule has 2 aromatic rings. The quantitative estimate of drug-likeness (QED) is 0.351. The number of halogens is 1. The second-order valence-electron chi connectivity index (χ2n) is 6.36. The maximum Gasteiger partial charge on any atom is 0.316 e. The van der Waals surface area contributed by atoms with Gasteiger partial charge in [-0.05, 0) is 50.6 Å². The Kier molecular flexibility index (Phi) is 5.15. The molecular weight excluding hydrogens is 305 g/mol. The minimum Gasteiger partial charge on any atom is -0.426 e. The van der Waals surface area contributed by atoms with Crippen LogP contribution in [0.25, 0.3) is 11.6 Å². The van der Waals surface area contributed by atoms with Crippen molar-refractivity contribution in [2.24, 2.45) is 5.41 Å². The Bertz CT molecular complexity index is 826. The summed E-state index contributed by atoms with van der Waals surface area (Å²) in [6.07, 6.45) is 1.56. The molecule has 0 atom stereocenters. The molecule has 2 aromatic carbocycles. The first-order valence-corrected chi connectivity index (χ1v) is 7.50. The average molecular weight is 323 g/mol. The Hall–Kier alpha value is -2.93. The second kappa shape index (κ2) is 7.10. The SMILES string of the molecule is CC(C)(C)C(=O)Oc1cccc(/C=C(/C#N)c2ccccc2F)c1. The third-order valence-electron chi connectivity index (χ3n) is 3.28. The number of carbonyl (C=O) groups is 1. The molecular formula is C20H18FNO2. The molecule has 0 saturated carbocycles. The summed E-state index contributed by atoms with van der Waals surface area (Å²) < 4.78 is 19.2. The summed E-state index contributed by atoms with van der Waals surface area (Å²) >= 11 is 0. The van der Waals surface area contributed by atoms with Gasteiger partial charge in [0.15, 0.2) is 0 Å². The lowest BCUT2D eigenvalue weighted by Crippen LogP contribution is -2.25. The number of hydrogen-bond acceptors (Lipinski definition) is 3. The zero-order chi connectivity index (χ0) is 17.7. The van der Waals surface area contributed by atoms with Gasteiger partial charge in [-0.2, -0.15) is 5.26 Å². The van der Waals surface area contributed by atoms with Crippen molar-refractivity contribution in [3.05, 3.63) is 65.5 Å². The molecule has 0 spiro atoms. The molecule has 0 fully saturated rings. The molecule has 3 nitrogen and oxygen atoms in total. The van der Waals surface area contributed by atoms with E-state index in [0.29, 0.717) is 11.3 Å². The molecule has 0 heterocycles. The van der Waals surface area contributed by atoms with E-state index >= 15 is 0 Å². The molecule has 0 aliphatic carbocycles. The number of hydrogen-bond donors (Lipinski definition) is 0. The number of carbonyl (C=O) groups excluding carboxylic acids is 1. The molecule has 0 aliphatic rings. The lowest BCUT2D eigenvalue weighted by atomic mass is 9.97. The Morgan fingerprint density at radius 1 is 1.17 bits per heavy atom. The first-order valence-electron chi connectivity index (χ1n) is 7.50. The fourth-order valence-corrected chi connectivity index (χ4v) is 1.94. The molecule has 122 valence electrons. The zero-order valence-electron chi connectivity index (χ0n) is 13.8. The standard InChI is InChI=1S/C20H18FNO2/c1-20(2,3)19(23)24-16-8-6-7-14(12-16)11-15(13-22)17-9-4-5-10-18(17)21/h4-12H,1-3H3/b15-11-. The maximum absolute atomic E-state index is 13.9. The zero-order valence-corrected chi connectivity index (χ0v) is 13.8. The van der Waals surface area contributed by atoms with E-state index in [4.69, 9.17) is 4.74 Å². The van der Waals surface area contributed by atoms with Crippen LogP contribution in [-0.2, 0) is 4.79 Å². The van der Waals surface area contributed by atoms with Gasteiger partial charge >= 0.3 is 5.97 Å². The van der Waals surface area contributed by atoms with Crippen LogP contribution in [0.2, 0.25) is 0 Å². The Labute approximate surface area is 141 Å². The molecule has 0 saturated heterocycles. The molecule has 0 aliphatic heterocycles. The smallest absolute Gasteiger partial charge is 0.316 e. The van der Waals surface area contributed by atoms with Crippen molar-refractivity contribution in [1.29, 1.82) is 5.26 Å². The van der Waals surface area contributed by atoms with Crippen molar-refractivity contribution in [2.75, 3.05) is 0 Å². The van der Waals surface area contributed by atoms with E-state index in [-0.39, 0.29) is 17.1 Å². The van der Waals surface area contributed by atoms with Crippen molar-refractivity contribution in [2.45, 2.75) is 20.8 Å². The van der Waals surface area contributed by atoms with Crippen molar-refractivity contribution in [1.82, 2.24) is 0 Å². The topological polar surface area (TPSA) is 50.1 Å². The van der Waals surface area contributed by atoms with E-state index in [1.54, 1.807) is 69.3 Å². The summed E-state index contributed by atoms with van der Waals surface area (Å²) in [6, 6.07) is 14.9. The van der Waals surface area contributed by atoms with Gasteiger partial charge in [0.1, 0.15) is 11.6 Å². The van der Waals surface area contributed by atoms with E-state index in [0.717, 1.165) is 0 Å². The van der Waals surface area contributed by atoms with Crippen LogP contribution < -0.4 is 4.74 Å². The van der Waals surface area contributed by atoms with Crippen LogP contribution in [0, 0.1) is 22.6 Å². The molecule has 24 heavy (non-hydrogen) atoms. The highest BCUT2D eigenvalue weighted by molar-refractivity contribution is 5.90. The number of ether oxygens (including phenoxy) is 1. The van der Waals surface area contributed by atoms with Crippen molar-refractivity contribution >= 4 is 17.6 Å². The highest BCUT2D eigenvalue weighted by atomic mass is 19.1. The van der Waals surface area contributed by atoms with Crippen LogP contribution >= 0.6 is 0 Å². The third kappa shape index (κ3) is 4.30. The first kappa shape index (κ1) is 17.4. The number of nitrogens with zero attached hydrogens (tertiary/aromatic N) is 1. The second-order valence-corrected chi connectivity index (χ2v) is 6.36. The van der Waals surface area contributed by atoms with Gasteiger partial charge in [0.25, 0.3) is 0 Å². The minimum atomic E-state index is -0.614. The van der Waals surface area contributed by atoms with Gasteiger partial charge in [-0.3, -0.25) is 4.79 Å². The Morgan fingerprint density at radius 3 is 2.50 bits per heavy atom. The Balaban J connectivity index is 2.33. The van der Waals surface area contributed by atoms with Gasteiger partial charge < -0.3 is 4.74 Å². The van der Waals surface area contributed by atoms with E-state index in [1.165, 1.54) is 6.07 Å². The summed E-state index contributed by atoms with van der Waals surface area (Å²) in [5.41, 5.74) is 0.468. The third-order valence-corrected chi connectivity index (χ3v) is 3.28. The lowest BCUT2D eigenvalue weighted by Gasteiger charge is -2.16. The summed E-state index contributed by atoms with van der Waals surface area (Å²) in [6.45, 7) is 5.31. The molecule has 0 unspecified atom stereocenters. The van der Waals surface area contributed by atoms with E-state index in [9.17, 15) is 14.4 Å². The monoisotopic (exact) mass is 323 g/mol. The largest absolute Gasteiger partial charge is 0.426 e. The molecule has 0 aromatic heterocycles. The number of allylic oxidation sites excluding steroid dienone is 1. The van der Waals surface area contributed by atoms with Crippen LogP contribution in [0.15, 0.2) is 48.5 Å². The summed E-state index contributed by atoms with van der Waals surface area (Å²) in [7, 11) is 0. The number of esters is 1. The highest BCUT2D eigenvalue weighted by Crippen LogP contribution is 2.24. The Morgan fingerprint density at radius 2 is 1.88 bits per heavy atom. The summed E-state index contributed by atoms with van der Waals surface area (Å²) in [5.74, 6) is -0.423. The predicted molar refractivity (Wildman–Crippen MR) is 91.4 cm³/mol. The van der Waals surface area contributed by atoms with Gasteiger partial charge in [0, 0.05) is 5.56 Å². The van der Waals surface area contributed by atoms with Crippen molar-refractivity contribution in [3.8, 4) is 11.8 Å². The number of benzene rings is 2. The normalized spacial score (nSPS) is 11.7. The van der Waals surface area contributed by atoms with Crippen LogP contribution in [0.5, 0.6) is 5.75 Å². The van der Waals surface area contributed by atoms with Gasteiger partial charge in [0.2, 0.25) is 0 Å². The van der Waals surface area contributed by atoms with Crippen molar-refractivity contribution < 1.29 is 13.9 Å². The molecule has 4 heteroatoms. The number of rotatable bonds is 3. The first-order chi connectivity index (χ1) is 11.3. The molecule has 2 rings (SSSR count). The van der Waals surface area contributed by atoms with Gasteiger partial charge in [-0.15, -0.1) is 0 Å². The van der Waals surface area contributed by atoms with Gasteiger partial charge in [-0.25, -0.2) is 4.39 Å². The average Bonchev–Trinajstić information content (AvgIpc) is 2.53. The van der Waals surface area contributed by atoms with Crippen LogP contribution in [-0.4, -0.2) is 5.97 Å². The number of nitriles is 1. The van der Waals surface area contributed by atoms with Gasteiger partial charge in [-0.1, -0.05) is 30.3 Å². The molecule has 0 bridgehead atoms. The van der Waals surface area contributed by atoms with E-state index < -0.39 is 11.2 Å². The molecule has 0 amide bonds. The van der Waals surface area contributed by atoms with Gasteiger partial charge in [0.05, 0.1) is 17.1 Å². The fourth-order valence-electron chi connectivity index (χ4n) is 1.94. The van der Waals surface area contributed by atoms with Crippen LogP contribution in [0.4, 0.5) is 4.39 Å². The molecule has 0 radical (unpaired) electrons. The minimum absolute atomic E-state index is 0.201. The fraction of sp³-hybridized carbons (Fsp3) is 0.200. The predicted octanol–water partition coefficient (Wildman–Crippen LogP) is 4.84. The lowest BCUT2D eigenvalue weighted by molar-refractivity contribution is -0.142. The maximum atomic E-state index is 13.9. The highest BCUT2D eigenvalue weighted by Gasteiger charge is 2.23. The molecule has 0 N–H and O–H groups in total. The summed E-state index contributed by atoms with van der Waals surface area (Å²) in [4.78, 5) is 12.0.